The molecule has 3 rings (SSSR count). The lowest BCUT2D eigenvalue weighted by atomic mass is 10.0. The summed E-state index contributed by atoms with van der Waals surface area (Å²) in [7, 11) is 0. The molecule has 1 fully saturated rings. The monoisotopic (exact) mass is 353 g/mol. The van der Waals surface area contributed by atoms with E-state index in [9.17, 15) is 18.3 Å². The number of phenolic OH excluding ortho intramolecular Hbond substituents is 1. The molecule has 8 heteroatoms. The van der Waals surface area contributed by atoms with Gasteiger partial charge in [-0.2, -0.15) is 13.2 Å². The van der Waals surface area contributed by atoms with Crippen LogP contribution in [0.15, 0.2) is 24.3 Å². The van der Waals surface area contributed by atoms with E-state index in [0.29, 0.717) is 37.3 Å². The van der Waals surface area contributed by atoms with E-state index in [2.05, 4.69) is 10.2 Å². The molecule has 1 aliphatic rings. The Morgan fingerprint density at radius 3 is 2.56 bits per heavy atom. The van der Waals surface area contributed by atoms with Gasteiger partial charge in [-0.25, -0.2) is 0 Å². The van der Waals surface area contributed by atoms with Crippen molar-refractivity contribution in [3.8, 4) is 17.0 Å². The van der Waals surface area contributed by atoms with E-state index in [0.717, 1.165) is 6.07 Å². The van der Waals surface area contributed by atoms with Crippen molar-refractivity contribution in [1.82, 2.24) is 10.2 Å². The average Bonchev–Trinajstić information content (AvgIpc) is 2.54. The fourth-order valence-corrected chi connectivity index (χ4v) is 2.92. The lowest BCUT2D eigenvalue weighted by Gasteiger charge is -2.31. The predicted octanol–water partition coefficient (Wildman–Crippen LogP) is 3.40. The summed E-state index contributed by atoms with van der Waals surface area (Å²) < 4.78 is 43.9. The van der Waals surface area contributed by atoms with E-state index >= 15 is 0 Å². The van der Waals surface area contributed by atoms with Gasteiger partial charge >= 0.3 is 6.18 Å². The lowest BCUT2D eigenvalue weighted by Crippen LogP contribution is -2.41. The number of hydrogen-bond acceptors (Lipinski definition) is 5. The van der Waals surface area contributed by atoms with Crippen molar-refractivity contribution >= 4 is 5.82 Å². The zero-order valence-electron chi connectivity index (χ0n) is 13.8. The van der Waals surface area contributed by atoms with Gasteiger partial charge in [-0.05, 0) is 43.7 Å². The number of alkyl halides is 3. The number of aryl methyl sites for hydroxylation is 1. The number of phenols is 1. The van der Waals surface area contributed by atoms with Crippen molar-refractivity contribution in [2.45, 2.75) is 26.1 Å². The summed E-state index contributed by atoms with van der Waals surface area (Å²) in [6, 6.07) is 5.10. The molecule has 0 bridgehead atoms. The third kappa shape index (κ3) is 3.68. The molecule has 25 heavy (non-hydrogen) atoms. The van der Waals surface area contributed by atoms with Crippen molar-refractivity contribution in [2.75, 3.05) is 24.6 Å². The van der Waals surface area contributed by atoms with Crippen molar-refractivity contribution in [3.05, 3.63) is 35.4 Å². The van der Waals surface area contributed by atoms with Crippen LogP contribution in [0, 0.1) is 6.92 Å². The van der Waals surface area contributed by atoms with Gasteiger partial charge in [0.15, 0.2) is 5.82 Å². The van der Waals surface area contributed by atoms with Crippen LogP contribution in [0.5, 0.6) is 5.75 Å². The Kier molecular flexibility index (Phi) is 4.55. The summed E-state index contributed by atoms with van der Waals surface area (Å²) in [5.41, 5.74) is -0.0244. The minimum Gasteiger partial charge on any atom is -0.507 e. The van der Waals surface area contributed by atoms with Gasteiger partial charge in [0.05, 0.1) is 24.0 Å². The van der Waals surface area contributed by atoms with Crippen molar-refractivity contribution in [1.29, 1.82) is 0 Å². The van der Waals surface area contributed by atoms with Crippen molar-refractivity contribution in [3.63, 3.8) is 0 Å². The number of morpholine rings is 1. The second-order valence-corrected chi connectivity index (χ2v) is 6.09. The molecule has 1 aromatic heterocycles. The van der Waals surface area contributed by atoms with Gasteiger partial charge in [-0.3, -0.25) is 0 Å². The van der Waals surface area contributed by atoms with Gasteiger partial charge in [0, 0.05) is 18.7 Å². The normalized spacial score (nSPS) is 18.4. The molecule has 0 aliphatic carbocycles. The van der Waals surface area contributed by atoms with Crippen LogP contribution in [-0.4, -0.2) is 41.1 Å². The Hall–Kier alpha value is -2.35. The van der Waals surface area contributed by atoms with Gasteiger partial charge in [0.2, 0.25) is 0 Å². The first-order valence-electron chi connectivity index (χ1n) is 7.87. The van der Waals surface area contributed by atoms with Crippen molar-refractivity contribution < 1.29 is 23.0 Å². The number of benzene rings is 1. The van der Waals surface area contributed by atoms with Crippen LogP contribution >= 0.6 is 0 Å². The van der Waals surface area contributed by atoms with Gasteiger partial charge in [0.1, 0.15) is 5.75 Å². The topological polar surface area (TPSA) is 58.5 Å². The van der Waals surface area contributed by atoms with E-state index in [1.54, 1.807) is 12.1 Å². The number of anilines is 1. The maximum atomic E-state index is 12.8. The molecule has 2 aromatic rings. The Bertz CT molecular complexity index is 740. The average molecular weight is 353 g/mol. The Balaban J connectivity index is 1.90. The highest BCUT2D eigenvalue weighted by Gasteiger charge is 2.32. The summed E-state index contributed by atoms with van der Waals surface area (Å²) in [4.78, 5) is 2.03. The maximum Gasteiger partial charge on any atom is 0.416 e. The molecular weight excluding hydrogens is 335 g/mol. The molecule has 0 unspecified atom stereocenters. The number of halogens is 3. The lowest BCUT2D eigenvalue weighted by molar-refractivity contribution is -0.137. The van der Waals surface area contributed by atoms with Gasteiger partial charge in [-0.1, -0.05) is 0 Å². The SMILES string of the molecule is Cc1cc(C(F)(F)F)cc(O)c1-c1ccc(N2CCO[C@H](C)C2)nn1. The standard InChI is InChI=1S/C17H18F3N3O2/c1-10-7-12(17(18,19)20)8-14(24)16(10)13-3-4-15(22-21-13)23-5-6-25-11(2)9-23/h3-4,7-8,11,24H,5-6,9H2,1-2H3/t11-/m1/s1. The number of aromatic nitrogens is 2. The minimum atomic E-state index is -4.51. The van der Waals surface area contributed by atoms with Crippen molar-refractivity contribution in [2.24, 2.45) is 0 Å². The number of aromatic hydroxyl groups is 1. The molecule has 1 N–H and O–H groups in total. The number of hydrogen-bond donors (Lipinski definition) is 1. The number of rotatable bonds is 2. The summed E-state index contributed by atoms with van der Waals surface area (Å²) in [5, 5.41) is 18.3. The fraction of sp³-hybridized carbons (Fsp3) is 0.412. The highest BCUT2D eigenvalue weighted by atomic mass is 19.4. The Morgan fingerprint density at radius 1 is 1.24 bits per heavy atom. The van der Waals surface area contributed by atoms with E-state index in [-0.39, 0.29) is 17.2 Å². The first-order chi connectivity index (χ1) is 11.8. The molecular formula is C17H18F3N3O2. The predicted molar refractivity (Wildman–Crippen MR) is 86.5 cm³/mol. The fourth-order valence-electron chi connectivity index (χ4n) is 2.92. The summed E-state index contributed by atoms with van der Waals surface area (Å²) >= 11 is 0. The van der Waals surface area contributed by atoms with Crippen LogP contribution in [0.4, 0.5) is 19.0 Å². The minimum absolute atomic E-state index is 0.0939. The first kappa shape index (κ1) is 17.5. The zero-order chi connectivity index (χ0) is 18.2. The maximum absolute atomic E-state index is 12.8. The van der Waals surface area contributed by atoms with Crippen LogP contribution in [0.2, 0.25) is 0 Å². The third-order valence-electron chi connectivity index (χ3n) is 4.11. The highest BCUT2D eigenvalue weighted by molar-refractivity contribution is 5.71. The molecule has 1 saturated heterocycles. The molecule has 1 aromatic carbocycles. The third-order valence-corrected chi connectivity index (χ3v) is 4.11. The molecule has 0 radical (unpaired) electrons. The molecule has 1 atom stereocenters. The van der Waals surface area contributed by atoms with E-state index in [1.807, 2.05) is 11.8 Å². The van der Waals surface area contributed by atoms with Crippen LogP contribution in [0.1, 0.15) is 18.1 Å². The Labute approximate surface area is 143 Å². The Morgan fingerprint density at radius 2 is 2.00 bits per heavy atom. The number of nitrogens with zero attached hydrogens (tertiary/aromatic N) is 3. The second-order valence-electron chi connectivity index (χ2n) is 6.09. The molecule has 5 nitrogen and oxygen atoms in total. The van der Waals surface area contributed by atoms with E-state index in [1.165, 1.54) is 6.92 Å². The van der Waals surface area contributed by atoms with Gasteiger partial charge in [-0.15, -0.1) is 10.2 Å². The van der Waals surface area contributed by atoms with Gasteiger partial charge < -0.3 is 14.7 Å². The largest absolute Gasteiger partial charge is 0.507 e. The summed E-state index contributed by atoms with van der Waals surface area (Å²) in [5.74, 6) is 0.206. The molecule has 0 amide bonds. The molecule has 0 saturated carbocycles. The smallest absolute Gasteiger partial charge is 0.416 e. The van der Waals surface area contributed by atoms with Gasteiger partial charge in [0.25, 0.3) is 0 Å². The van der Waals surface area contributed by atoms with E-state index in [4.69, 9.17) is 4.74 Å². The first-order valence-corrected chi connectivity index (χ1v) is 7.87. The second kappa shape index (κ2) is 6.51. The van der Waals surface area contributed by atoms with Crippen LogP contribution in [0.3, 0.4) is 0 Å². The quantitative estimate of drug-likeness (QED) is 0.897. The van der Waals surface area contributed by atoms with E-state index < -0.39 is 17.5 Å². The molecule has 0 spiro atoms. The molecule has 1 aliphatic heterocycles. The van der Waals surface area contributed by atoms with Crippen LogP contribution in [0.25, 0.3) is 11.3 Å². The van der Waals surface area contributed by atoms with Crippen LogP contribution in [-0.2, 0) is 10.9 Å². The highest BCUT2D eigenvalue weighted by Crippen LogP contribution is 2.38. The number of ether oxygens (including phenoxy) is 1. The van der Waals surface area contributed by atoms with Crippen LogP contribution < -0.4 is 4.90 Å². The summed E-state index contributed by atoms with van der Waals surface area (Å²) in [6.45, 7) is 5.46. The zero-order valence-corrected chi connectivity index (χ0v) is 13.8. The molecule has 134 valence electrons. The molecule has 2 heterocycles. The summed E-state index contributed by atoms with van der Waals surface area (Å²) in [6.07, 6.45) is -4.42.